The summed E-state index contributed by atoms with van der Waals surface area (Å²) >= 11 is 5.95. The van der Waals surface area contributed by atoms with Gasteiger partial charge in [-0.1, -0.05) is 17.7 Å². The van der Waals surface area contributed by atoms with Crippen molar-refractivity contribution in [1.29, 1.82) is 0 Å². The SMILES string of the molecule is CS(=O)(=O)c1ccc(N2CCC(Oc3cccc(Cl)c3)C2)c([N+](=O)[O-])c1. The lowest BCUT2D eigenvalue weighted by Crippen LogP contribution is -2.25. The molecule has 0 N–H and O–H groups in total. The summed E-state index contributed by atoms with van der Waals surface area (Å²) in [7, 11) is -3.51. The van der Waals surface area contributed by atoms with E-state index < -0.39 is 14.8 Å². The van der Waals surface area contributed by atoms with Crippen LogP contribution in [0.15, 0.2) is 47.4 Å². The molecule has 1 saturated heterocycles. The highest BCUT2D eigenvalue weighted by molar-refractivity contribution is 7.90. The molecule has 2 aromatic carbocycles. The fourth-order valence-corrected chi connectivity index (χ4v) is 3.74. The first-order chi connectivity index (χ1) is 12.2. The highest BCUT2D eigenvalue weighted by Crippen LogP contribution is 2.33. The first-order valence-electron chi connectivity index (χ1n) is 7.90. The molecule has 1 unspecified atom stereocenters. The molecule has 1 fully saturated rings. The van der Waals surface area contributed by atoms with Gasteiger partial charge in [0.2, 0.25) is 0 Å². The van der Waals surface area contributed by atoms with Crippen LogP contribution in [0.5, 0.6) is 5.75 Å². The van der Waals surface area contributed by atoms with Crippen LogP contribution >= 0.6 is 11.6 Å². The minimum absolute atomic E-state index is 0.0705. The predicted octanol–water partition coefficient (Wildman–Crippen LogP) is 3.31. The summed E-state index contributed by atoms with van der Waals surface area (Å²) < 4.78 is 29.2. The van der Waals surface area contributed by atoms with Crippen molar-refractivity contribution in [1.82, 2.24) is 0 Å². The van der Waals surface area contributed by atoms with Crippen molar-refractivity contribution in [2.75, 3.05) is 24.2 Å². The second kappa shape index (κ2) is 7.13. The van der Waals surface area contributed by atoms with E-state index in [1.165, 1.54) is 12.1 Å². The van der Waals surface area contributed by atoms with Crippen LogP contribution in [0.2, 0.25) is 5.02 Å². The van der Waals surface area contributed by atoms with Crippen LogP contribution in [0.4, 0.5) is 11.4 Å². The Balaban J connectivity index is 1.81. The molecule has 1 aliphatic rings. The van der Waals surface area contributed by atoms with Gasteiger partial charge in [-0.3, -0.25) is 10.1 Å². The molecule has 9 heteroatoms. The monoisotopic (exact) mass is 396 g/mol. The van der Waals surface area contributed by atoms with Crippen LogP contribution in [-0.2, 0) is 9.84 Å². The number of sulfone groups is 1. The van der Waals surface area contributed by atoms with Gasteiger partial charge in [-0.15, -0.1) is 0 Å². The van der Waals surface area contributed by atoms with Crippen molar-refractivity contribution in [3.8, 4) is 5.75 Å². The van der Waals surface area contributed by atoms with Crippen molar-refractivity contribution in [2.24, 2.45) is 0 Å². The van der Waals surface area contributed by atoms with Crippen molar-refractivity contribution in [3.63, 3.8) is 0 Å². The molecule has 138 valence electrons. The van der Waals surface area contributed by atoms with Gasteiger partial charge < -0.3 is 9.64 Å². The second-order valence-corrected chi connectivity index (χ2v) is 8.56. The van der Waals surface area contributed by atoms with Crippen LogP contribution in [0, 0.1) is 10.1 Å². The Morgan fingerprint density at radius 3 is 2.69 bits per heavy atom. The van der Waals surface area contributed by atoms with Gasteiger partial charge >= 0.3 is 0 Å². The summed E-state index contributed by atoms with van der Waals surface area (Å²) in [4.78, 5) is 12.6. The van der Waals surface area contributed by atoms with E-state index in [9.17, 15) is 18.5 Å². The molecular weight excluding hydrogens is 380 g/mol. The molecule has 0 radical (unpaired) electrons. The maximum Gasteiger partial charge on any atom is 0.293 e. The number of nitrogens with zero attached hydrogens (tertiary/aromatic N) is 2. The number of hydrogen-bond donors (Lipinski definition) is 0. The highest BCUT2D eigenvalue weighted by Gasteiger charge is 2.29. The molecule has 0 amide bonds. The smallest absolute Gasteiger partial charge is 0.293 e. The summed E-state index contributed by atoms with van der Waals surface area (Å²) in [6.45, 7) is 1.04. The van der Waals surface area contributed by atoms with Crippen LogP contribution in [0.25, 0.3) is 0 Å². The topological polar surface area (TPSA) is 89.8 Å². The number of hydrogen-bond acceptors (Lipinski definition) is 6. The molecule has 26 heavy (non-hydrogen) atoms. The minimum Gasteiger partial charge on any atom is -0.488 e. The summed E-state index contributed by atoms with van der Waals surface area (Å²) in [5.41, 5.74) is 0.163. The van der Waals surface area contributed by atoms with Crippen molar-refractivity contribution in [3.05, 3.63) is 57.6 Å². The van der Waals surface area contributed by atoms with Gasteiger partial charge in [-0.05, 0) is 30.3 Å². The lowest BCUT2D eigenvalue weighted by molar-refractivity contribution is -0.384. The van der Waals surface area contributed by atoms with Crippen molar-refractivity contribution < 1.29 is 18.1 Å². The number of halogens is 1. The summed E-state index contributed by atoms with van der Waals surface area (Å²) in [6, 6.07) is 11.0. The van der Waals surface area contributed by atoms with Gasteiger partial charge in [-0.25, -0.2) is 8.42 Å². The second-order valence-electron chi connectivity index (χ2n) is 6.11. The van der Waals surface area contributed by atoms with Gasteiger partial charge in [0, 0.05) is 30.3 Å². The third kappa shape index (κ3) is 4.08. The number of nitro benzene ring substituents is 1. The quantitative estimate of drug-likeness (QED) is 0.569. The average molecular weight is 397 g/mol. The van der Waals surface area contributed by atoms with Crippen molar-refractivity contribution in [2.45, 2.75) is 17.4 Å². The van der Waals surface area contributed by atoms with Crippen LogP contribution in [-0.4, -0.2) is 38.8 Å². The van der Waals surface area contributed by atoms with E-state index >= 15 is 0 Å². The molecule has 7 nitrogen and oxygen atoms in total. The van der Waals surface area contributed by atoms with E-state index in [2.05, 4.69) is 0 Å². The third-order valence-corrected chi connectivity index (χ3v) is 5.50. The van der Waals surface area contributed by atoms with E-state index in [0.29, 0.717) is 36.0 Å². The van der Waals surface area contributed by atoms with Gasteiger partial charge in [-0.2, -0.15) is 0 Å². The lowest BCUT2D eigenvalue weighted by Gasteiger charge is -2.19. The average Bonchev–Trinajstić information content (AvgIpc) is 3.01. The Hall–Kier alpha value is -2.32. The highest BCUT2D eigenvalue weighted by atomic mass is 35.5. The van der Waals surface area contributed by atoms with E-state index in [0.717, 1.165) is 12.3 Å². The Bertz CT molecular complexity index is 948. The van der Waals surface area contributed by atoms with Crippen LogP contribution in [0.3, 0.4) is 0 Å². The molecular formula is C17H17ClN2O5S. The number of benzene rings is 2. The number of rotatable bonds is 5. The van der Waals surface area contributed by atoms with E-state index in [-0.39, 0.29) is 16.7 Å². The summed E-state index contributed by atoms with van der Waals surface area (Å²) in [5.74, 6) is 0.645. The molecule has 0 bridgehead atoms. The van der Waals surface area contributed by atoms with Crippen molar-refractivity contribution >= 4 is 32.8 Å². The fraction of sp³-hybridized carbons (Fsp3) is 0.294. The molecule has 0 aromatic heterocycles. The number of ether oxygens (including phenoxy) is 1. The summed E-state index contributed by atoms with van der Waals surface area (Å²) in [5, 5.41) is 12.0. The number of nitro groups is 1. The van der Waals surface area contributed by atoms with E-state index in [4.69, 9.17) is 16.3 Å². The molecule has 2 aromatic rings. The Labute approximate surface area is 156 Å². The van der Waals surface area contributed by atoms with E-state index in [1.54, 1.807) is 24.3 Å². The normalized spacial score (nSPS) is 17.3. The standard InChI is InChI=1S/C17H17ClN2O5S/c1-26(23,24)15-5-6-16(17(10-15)20(21)22)19-8-7-14(11-19)25-13-4-2-3-12(18)9-13/h2-6,9-10,14H,7-8,11H2,1H3. The maximum atomic E-state index is 11.7. The minimum atomic E-state index is -3.51. The molecule has 0 saturated carbocycles. The van der Waals surface area contributed by atoms with Crippen LogP contribution < -0.4 is 9.64 Å². The first kappa shape index (κ1) is 18.5. The molecule has 3 rings (SSSR count). The zero-order chi connectivity index (χ0) is 18.9. The largest absolute Gasteiger partial charge is 0.488 e. The zero-order valence-corrected chi connectivity index (χ0v) is 15.5. The maximum absolute atomic E-state index is 11.7. The van der Waals surface area contributed by atoms with Gasteiger partial charge in [0.25, 0.3) is 5.69 Å². The van der Waals surface area contributed by atoms with Crippen LogP contribution in [0.1, 0.15) is 6.42 Å². The van der Waals surface area contributed by atoms with Gasteiger partial charge in [0.05, 0.1) is 16.4 Å². The molecule has 1 atom stereocenters. The first-order valence-corrected chi connectivity index (χ1v) is 10.2. The van der Waals surface area contributed by atoms with Gasteiger partial charge in [0.15, 0.2) is 9.84 Å². The lowest BCUT2D eigenvalue weighted by atomic mass is 10.2. The number of anilines is 1. The molecule has 0 aliphatic carbocycles. The predicted molar refractivity (Wildman–Crippen MR) is 98.9 cm³/mol. The summed E-state index contributed by atoms with van der Waals surface area (Å²) in [6.07, 6.45) is 1.58. The Kier molecular flexibility index (Phi) is 5.06. The zero-order valence-electron chi connectivity index (χ0n) is 14.0. The molecule has 1 heterocycles. The van der Waals surface area contributed by atoms with E-state index in [1.807, 2.05) is 4.90 Å². The molecule has 1 aliphatic heterocycles. The third-order valence-electron chi connectivity index (χ3n) is 4.16. The Morgan fingerprint density at radius 2 is 2.04 bits per heavy atom. The Morgan fingerprint density at radius 1 is 1.27 bits per heavy atom. The van der Waals surface area contributed by atoms with Gasteiger partial charge in [0.1, 0.15) is 17.5 Å². The fourth-order valence-electron chi connectivity index (χ4n) is 2.92. The molecule has 0 spiro atoms.